The van der Waals surface area contributed by atoms with Gasteiger partial charge in [0.15, 0.2) is 0 Å². The molecule has 2 fully saturated rings. The zero-order valence-electron chi connectivity index (χ0n) is 7.99. The average Bonchev–Trinajstić information content (AvgIpc) is 2.63. The number of nitrogens with two attached hydrogens (primary N) is 1. The second-order valence-corrected chi connectivity index (χ2v) is 4.87. The monoisotopic (exact) mass is 183 g/mol. The van der Waals surface area contributed by atoms with Crippen molar-refractivity contribution in [2.45, 2.75) is 38.1 Å². The summed E-state index contributed by atoms with van der Waals surface area (Å²) in [6.07, 6.45) is 4.72. The van der Waals surface area contributed by atoms with E-state index in [1.165, 1.54) is 19.3 Å². The zero-order valence-corrected chi connectivity index (χ0v) is 7.99. The number of aliphatic carboxylic acids is 1. The van der Waals surface area contributed by atoms with Crippen LogP contribution >= 0.6 is 0 Å². The van der Waals surface area contributed by atoms with Crippen LogP contribution in [-0.4, -0.2) is 16.6 Å². The highest BCUT2D eigenvalue weighted by atomic mass is 16.4. The Morgan fingerprint density at radius 2 is 2.15 bits per heavy atom. The number of fused-ring (bicyclic) bond motifs is 2. The zero-order chi connectivity index (χ0) is 9.64. The molecule has 74 valence electrons. The second-order valence-electron chi connectivity index (χ2n) is 4.87. The highest BCUT2D eigenvalue weighted by molar-refractivity contribution is 5.78. The van der Waals surface area contributed by atoms with Crippen LogP contribution in [0, 0.1) is 17.8 Å². The van der Waals surface area contributed by atoms with Crippen LogP contribution in [0.1, 0.15) is 32.6 Å². The van der Waals surface area contributed by atoms with E-state index in [9.17, 15) is 4.79 Å². The highest BCUT2D eigenvalue weighted by Crippen LogP contribution is 2.51. The molecule has 2 aliphatic carbocycles. The lowest BCUT2D eigenvalue weighted by molar-refractivity contribution is -0.145. The summed E-state index contributed by atoms with van der Waals surface area (Å²) in [7, 11) is 0. The largest absolute Gasteiger partial charge is 0.480 e. The smallest absolute Gasteiger partial charge is 0.323 e. The molecule has 0 aromatic heterocycles. The molecule has 0 radical (unpaired) electrons. The SMILES string of the molecule is CC(N)(C(=O)O)C1CC2CCC1C2. The van der Waals surface area contributed by atoms with Crippen molar-refractivity contribution in [2.75, 3.05) is 0 Å². The summed E-state index contributed by atoms with van der Waals surface area (Å²) in [6, 6.07) is 0. The molecule has 2 aliphatic rings. The molecule has 0 heterocycles. The molecule has 2 rings (SSSR count). The minimum absolute atomic E-state index is 0.212. The van der Waals surface area contributed by atoms with Gasteiger partial charge in [-0.25, -0.2) is 0 Å². The quantitative estimate of drug-likeness (QED) is 0.676. The summed E-state index contributed by atoms with van der Waals surface area (Å²) in [6.45, 7) is 1.67. The third-order valence-electron chi connectivity index (χ3n) is 3.97. The molecule has 2 bridgehead atoms. The Labute approximate surface area is 78.3 Å². The molecule has 0 saturated heterocycles. The van der Waals surface area contributed by atoms with Gasteiger partial charge in [0.25, 0.3) is 0 Å². The summed E-state index contributed by atoms with van der Waals surface area (Å²) in [4.78, 5) is 11.0. The molecular weight excluding hydrogens is 166 g/mol. The van der Waals surface area contributed by atoms with Crippen LogP contribution in [0.5, 0.6) is 0 Å². The second kappa shape index (κ2) is 2.71. The van der Waals surface area contributed by atoms with E-state index in [1.54, 1.807) is 6.92 Å². The Bertz CT molecular complexity index is 237. The van der Waals surface area contributed by atoms with Crippen molar-refractivity contribution < 1.29 is 9.90 Å². The minimum Gasteiger partial charge on any atom is -0.480 e. The normalized spacial score (nSPS) is 41.8. The summed E-state index contributed by atoms with van der Waals surface area (Å²) in [5.74, 6) is 0.710. The Balaban J connectivity index is 2.14. The fourth-order valence-corrected chi connectivity index (χ4v) is 3.14. The summed E-state index contributed by atoms with van der Waals surface area (Å²) < 4.78 is 0. The van der Waals surface area contributed by atoms with Crippen LogP contribution in [0.2, 0.25) is 0 Å². The van der Waals surface area contributed by atoms with Gasteiger partial charge in [-0.05, 0) is 43.9 Å². The maximum atomic E-state index is 11.0. The van der Waals surface area contributed by atoms with Gasteiger partial charge in [0.2, 0.25) is 0 Å². The maximum Gasteiger partial charge on any atom is 0.323 e. The van der Waals surface area contributed by atoms with Crippen molar-refractivity contribution in [3.63, 3.8) is 0 Å². The third kappa shape index (κ3) is 1.26. The van der Waals surface area contributed by atoms with Crippen LogP contribution in [-0.2, 0) is 4.79 Å². The molecule has 0 amide bonds. The Morgan fingerprint density at radius 1 is 1.46 bits per heavy atom. The van der Waals surface area contributed by atoms with Crippen LogP contribution in [0.15, 0.2) is 0 Å². The van der Waals surface area contributed by atoms with Gasteiger partial charge in [0.1, 0.15) is 5.54 Å². The average molecular weight is 183 g/mol. The Hall–Kier alpha value is -0.570. The summed E-state index contributed by atoms with van der Waals surface area (Å²) in [5.41, 5.74) is 4.85. The summed E-state index contributed by atoms with van der Waals surface area (Å²) >= 11 is 0. The van der Waals surface area contributed by atoms with Crippen LogP contribution in [0.25, 0.3) is 0 Å². The van der Waals surface area contributed by atoms with Crippen molar-refractivity contribution in [1.29, 1.82) is 0 Å². The van der Waals surface area contributed by atoms with E-state index in [1.807, 2.05) is 0 Å². The lowest BCUT2D eigenvalue weighted by Gasteiger charge is -2.33. The molecular formula is C10H17NO2. The van der Waals surface area contributed by atoms with Crippen LogP contribution in [0.3, 0.4) is 0 Å². The first-order valence-corrected chi connectivity index (χ1v) is 5.04. The number of carboxylic acid groups (broad SMARTS) is 1. The van der Waals surface area contributed by atoms with E-state index in [-0.39, 0.29) is 5.92 Å². The van der Waals surface area contributed by atoms with Crippen LogP contribution < -0.4 is 5.73 Å². The molecule has 4 atom stereocenters. The van der Waals surface area contributed by atoms with Gasteiger partial charge in [0, 0.05) is 0 Å². The number of hydrogen-bond donors (Lipinski definition) is 2. The first-order valence-electron chi connectivity index (χ1n) is 5.04. The molecule has 3 N–H and O–H groups in total. The fraction of sp³-hybridized carbons (Fsp3) is 0.900. The Kier molecular flexibility index (Phi) is 1.88. The first-order chi connectivity index (χ1) is 6.01. The van der Waals surface area contributed by atoms with E-state index in [4.69, 9.17) is 10.8 Å². The van der Waals surface area contributed by atoms with Crippen molar-refractivity contribution in [3.8, 4) is 0 Å². The lowest BCUT2D eigenvalue weighted by Crippen LogP contribution is -2.53. The van der Waals surface area contributed by atoms with Gasteiger partial charge in [0.05, 0.1) is 0 Å². The Morgan fingerprint density at radius 3 is 2.54 bits per heavy atom. The molecule has 3 nitrogen and oxygen atoms in total. The number of carboxylic acids is 1. The van der Waals surface area contributed by atoms with E-state index in [0.29, 0.717) is 5.92 Å². The van der Waals surface area contributed by atoms with Crippen molar-refractivity contribution in [3.05, 3.63) is 0 Å². The lowest BCUT2D eigenvalue weighted by atomic mass is 9.75. The molecule has 0 aliphatic heterocycles. The fourth-order valence-electron chi connectivity index (χ4n) is 3.14. The molecule has 2 saturated carbocycles. The number of carbonyl (C=O) groups is 1. The van der Waals surface area contributed by atoms with Crippen molar-refractivity contribution >= 4 is 5.97 Å². The molecule has 0 aromatic rings. The predicted molar refractivity (Wildman–Crippen MR) is 49.2 cm³/mol. The van der Waals surface area contributed by atoms with E-state index < -0.39 is 11.5 Å². The van der Waals surface area contributed by atoms with Crippen molar-refractivity contribution in [2.24, 2.45) is 23.5 Å². The topological polar surface area (TPSA) is 63.3 Å². The first kappa shape index (κ1) is 9.00. The predicted octanol–water partition coefficient (Wildman–Crippen LogP) is 1.22. The summed E-state index contributed by atoms with van der Waals surface area (Å²) in [5, 5.41) is 9.00. The molecule has 3 heteroatoms. The van der Waals surface area contributed by atoms with Gasteiger partial charge >= 0.3 is 5.97 Å². The molecule has 0 aromatic carbocycles. The van der Waals surface area contributed by atoms with Gasteiger partial charge in [-0.15, -0.1) is 0 Å². The van der Waals surface area contributed by atoms with Gasteiger partial charge in [-0.1, -0.05) is 6.42 Å². The van der Waals surface area contributed by atoms with Crippen LogP contribution in [0.4, 0.5) is 0 Å². The van der Waals surface area contributed by atoms with Crippen molar-refractivity contribution in [1.82, 2.24) is 0 Å². The number of hydrogen-bond acceptors (Lipinski definition) is 2. The van der Waals surface area contributed by atoms with E-state index >= 15 is 0 Å². The third-order valence-corrected chi connectivity index (χ3v) is 3.97. The van der Waals surface area contributed by atoms with Gasteiger partial charge in [-0.3, -0.25) is 4.79 Å². The molecule has 4 unspecified atom stereocenters. The minimum atomic E-state index is -1.00. The molecule has 13 heavy (non-hydrogen) atoms. The maximum absolute atomic E-state index is 11.0. The van der Waals surface area contributed by atoms with Gasteiger partial charge < -0.3 is 10.8 Å². The highest BCUT2D eigenvalue weighted by Gasteiger charge is 2.50. The standard InChI is InChI=1S/C10H17NO2/c1-10(11,9(12)13)8-5-6-2-3-7(8)4-6/h6-8H,2-5,11H2,1H3,(H,12,13). The molecule has 0 spiro atoms. The van der Waals surface area contributed by atoms with E-state index in [2.05, 4.69) is 0 Å². The number of rotatable bonds is 2. The van der Waals surface area contributed by atoms with Gasteiger partial charge in [-0.2, -0.15) is 0 Å². The van der Waals surface area contributed by atoms with E-state index in [0.717, 1.165) is 12.3 Å².